The maximum Gasteiger partial charge on any atom is 0.370 e. The van der Waals surface area contributed by atoms with Gasteiger partial charge in [0.05, 0.1) is 19.1 Å². The summed E-state index contributed by atoms with van der Waals surface area (Å²) < 4.78 is 4.43. The van der Waals surface area contributed by atoms with Crippen LogP contribution in [-0.4, -0.2) is 23.0 Å². The first kappa shape index (κ1) is 11.8. The highest BCUT2D eigenvalue weighted by Crippen LogP contribution is 2.15. The van der Waals surface area contributed by atoms with Crippen molar-refractivity contribution in [3.8, 4) is 0 Å². The SMILES string of the molecule is COC(=O)CC=Cc1cccnc1[N+](=O)[O-]. The highest BCUT2D eigenvalue weighted by molar-refractivity contribution is 5.73. The van der Waals surface area contributed by atoms with E-state index in [1.54, 1.807) is 12.1 Å². The molecule has 0 bridgehead atoms. The maximum atomic E-state index is 10.8. The lowest BCUT2D eigenvalue weighted by Crippen LogP contribution is -1.97. The largest absolute Gasteiger partial charge is 0.469 e. The van der Waals surface area contributed by atoms with E-state index >= 15 is 0 Å². The van der Waals surface area contributed by atoms with E-state index in [0.29, 0.717) is 5.56 Å². The number of aromatic nitrogens is 1. The topological polar surface area (TPSA) is 82.3 Å². The average Bonchev–Trinajstić information content (AvgIpc) is 2.29. The van der Waals surface area contributed by atoms with Gasteiger partial charge < -0.3 is 14.9 Å². The Kier molecular flexibility index (Phi) is 4.14. The molecule has 0 amide bonds. The van der Waals surface area contributed by atoms with E-state index in [9.17, 15) is 14.9 Å². The van der Waals surface area contributed by atoms with E-state index in [-0.39, 0.29) is 12.2 Å². The molecule has 0 radical (unpaired) electrons. The van der Waals surface area contributed by atoms with Crippen LogP contribution >= 0.6 is 0 Å². The zero-order valence-electron chi connectivity index (χ0n) is 8.62. The lowest BCUT2D eigenvalue weighted by molar-refractivity contribution is -0.389. The van der Waals surface area contributed by atoms with Crippen LogP contribution in [0.1, 0.15) is 12.0 Å². The standard InChI is InChI=1S/C10H10N2O4/c1-16-9(13)6-2-4-8-5-3-7-11-10(8)12(14)15/h2-5,7H,6H2,1H3. The normalized spacial score (nSPS) is 10.3. The monoisotopic (exact) mass is 222 g/mol. The number of nitro groups is 1. The van der Waals surface area contributed by atoms with Crippen molar-refractivity contribution < 1.29 is 14.5 Å². The van der Waals surface area contributed by atoms with Crippen LogP contribution in [0.4, 0.5) is 5.82 Å². The highest BCUT2D eigenvalue weighted by Gasteiger charge is 2.10. The van der Waals surface area contributed by atoms with Crippen LogP contribution in [-0.2, 0) is 9.53 Å². The molecule has 1 aromatic heterocycles. The Hall–Kier alpha value is -2.24. The van der Waals surface area contributed by atoms with Crippen molar-refractivity contribution in [2.24, 2.45) is 0 Å². The molecule has 16 heavy (non-hydrogen) atoms. The van der Waals surface area contributed by atoms with Gasteiger partial charge in [-0.05, 0) is 28.1 Å². The van der Waals surface area contributed by atoms with Gasteiger partial charge in [0, 0.05) is 0 Å². The van der Waals surface area contributed by atoms with Crippen LogP contribution in [0.3, 0.4) is 0 Å². The molecule has 1 aromatic rings. The van der Waals surface area contributed by atoms with Crippen molar-refractivity contribution in [3.05, 3.63) is 40.1 Å². The number of rotatable bonds is 4. The van der Waals surface area contributed by atoms with Crippen molar-refractivity contribution in [1.29, 1.82) is 0 Å². The lowest BCUT2D eigenvalue weighted by atomic mass is 10.2. The molecule has 0 aliphatic heterocycles. The zero-order valence-corrected chi connectivity index (χ0v) is 8.62. The number of nitrogens with zero attached hydrogens (tertiary/aromatic N) is 2. The Bertz CT molecular complexity index is 429. The third-order valence-electron chi connectivity index (χ3n) is 1.80. The predicted octanol–water partition coefficient (Wildman–Crippen LogP) is 1.57. The summed E-state index contributed by atoms with van der Waals surface area (Å²) in [6, 6.07) is 3.14. The maximum absolute atomic E-state index is 10.8. The third-order valence-corrected chi connectivity index (χ3v) is 1.80. The van der Waals surface area contributed by atoms with Gasteiger partial charge in [0.25, 0.3) is 0 Å². The number of carbonyl (C=O) groups excluding carboxylic acids is 1. The van der Waals surface area contributed by atoms with Crippen molar-refractivity contribution in [2.45, 2.75) is 6.42 Å². The fraction of sp³-hybridized carbons (Fsp3) is 0.200. The molecule has 6 heteroatoms. The number of esters is 1. The third kappa shape index (κ3) is 3.16. The minimum absolute atomic E-state index is 0.0720. The molecule has 0 aromatic carbocycles. The van der Waals surface area contributed by atoms with Gasteiger partial charge in [-0.25, -0.2) is 0 Å². The zero-order chi connectivity index (χ0) is 12.0. The Balaban J connectivity index is 2.80. The summed E-state index contributed by atoms with van der Waals surface area (Å²) in [6.45, 7) is 0. The van der Waals surface area contributed by atoms with Crippen LogP contribution in [0.2, 0.25) is 0 Å². The molecule has 0 spiro atoms. The molecule has 0 aliphatic carbocycles. The summed E-state index contributed by atoms with van der Waals surface area (Å²) >= 11 is 0. The molecule has 0 atom stereocenters. The number of carbonyl (C=O) groups is 1. The number of ether oxygens (including phenoxy) is 1. The van der Waals surface area contributed by atoms with E-state index in [1.807, 2.05) is 0 Å². The molecule has 0 fully saturated rings. The fourth-order valence-electron chi connectivity index (χ4n) is 1.06. The summed E-state index contributed by atoms with van der Waals surface area (Å²) in [5.74, 6) is -0.633. The second-order valence-electron chi connectivity index (χ2n) is 2.86. The average molecular weight is 222 g/mol. The van der Waals surface area contributed by atoms with Crippen molar-refractivity contribution >= 4 is 17.9 Å². The number of hydrogen-bond donors (Lipinski definition) is 0. The fourth-order valence-corrected chi connectivity index (χ4v) is 1.06. The van der Waals surface area contributed by atoms with Crippen molar-refractivity contribution in [1.82, 2.24) is 4.98 Å². The summed E-state index contributed by atoms with van der Waals surface area (Å²) in [7, 11) is 1.28. The van der Waals surface area contributed by atoms with Crippen LogP contribution < -0.4 is 0 Å². The van der Waals surface area contributed by atoms with Gasteiger partial charge in [-0.15, -0.1) is 0 Å². The molecule has 6 nitrogen and oxygen atoms in total. The first-order valence-electron chi connectivity index (χ1n) is 4.48. The van der Waals surface area contributed by atoms with Crippen LogP contribution in [0.15, 0.2) is 24.4 Å². The molecular formula is C10H10N2O4. The van der Waals surface area contributed by atoms with E-state index in [1.165, 1.54) is 25.5 Å². The summed E-state index contributed by atoms with van der Waals surface area (Å²) in [4.78, 5) is 24.4. The van der Waals surface area contributed by atoms with E-state index in [4.69, 9.17) is 0 Å². The quantitative estimate of drug-likeness (QED) is 0.438. The smallest absolute Gasteiger partial charge is 0.370 e. The van der Waals surface area contributed by atoms with Gasteiger partial charge in [-0.2, -0.15) is 0 Å². The lowest BCUT2D eigenvalue weighted by Gasteiger charge is -1.96. The van der Waals surface area contributed by atoms with Gasteiger partial charge in [0.2, 0.25) is 0 Å². The Morgan fingerprint density at radius 2 is 2.44 bits per heavy atom. The van der Waals surface area contributed by atoms with Crippen molar-refractivity contribution in [2.75, 3.05) is 7.11 Å². The molecule has 0 saturated carbocycles. The predicted molar refractivity (Wildman–Crippen MR) is 56.6 cm³/mol. The summed E-state index contributed by atoms with van der Waals surface area (Å²) in [6.07, 6.45) is 4.39. The van der Waals surface area contributed by atoms with Crippen LogP contribution in [0.25, 0.3) is 6.08 Å². The molecule has 0 aliphatic rings. The van der Waals surface area contributed by atoms with Crippen LogP contribution in [0.5, 0.6) is 0 Å². The van der Waals surface area contributed by atoms with Gasteiger partial charge >= 0.3 is 11.8 Å². The van der Waals surface area contributed by atoms with Gasteiger partial charge in [-0.3, -0.25) is 4.79 Å². The highest BCUT2D eigenvalue weighted by atomic mass is 16.6. The molecule has 1 rings (SSSR count). The molecule has 1 heterocycles. The second-order valence-corrected chi connectivity index (χ2v) is 2.86. The number of hydrogen-bond acceptors (Lipinski definition) is 5. The Labute approximate surface area is 91.7 Å². The minimum Gasteiger partial charge on any atom is -0.469 e. The number of methoxy groups -OCH3 is 1. The Morgan fingerprint density at radius 1 is 1.69 bits per heavy atom. The van der Waals surface area contributed by atoms with Crippen LogP contribution in [0, 0.1) is 10.1 Å². The van der Waals surface area contributed by atoms with E-state index in [0.717, 1.165) is 0 Å². The van der Waals surface area contributed by atoms with Gasteiger partial charge in [0.15, 0.2) is 0 Å². The summed E-state index contributed by atoms with van der Waals surface area (Å²) in [5.41, 5.74) is 0.358. The van der Waals surface area contributed by atoms with Crippen molar-refractivity contribution in [3.63, 3.8) is 0 Å². The number of pyridine rings is 1. The summed E-state index contributed by atoms with van der Waals surface area (Å²) in [5, 5.41) is 10.6. The second kappa shape index (κ2) is 5.59. The molecule has 84 valence electrons. The van der Waals surface area contributed by atoms with E-state index in [2.05, 4.69) is 9.72 Å². The minimum atomic E-state index is -0.572. The van der Waals surface area contributed by atoms with Gasteiger partial charge in [0.1, 0.15) is 6.20 Å². The molecule has 0 saturated heterocycles. The molecular weight excluding hydrogens is 212 g/mol. The first-order chi connectivity index (χ1) is 7.65. The van der Waals surface area contributed by atoms with E-state index < -0.39 is 10.9 Å². The van der Waals surface area contributed by atoms with Gasteiger partial charge in [-0.1, -0.05) is 6.08 Å². The Morgan fingerprint density at radius 3 is 3.06 bits per heavy atom. The first-order valence-corrected chi connectivity index (χ1v) is 4.48. The molecule has 0 N–H and O–H groups in total. The molecule has 0 unspecified atom stereocenters.